The van der Waals surface area contributed by atoms with E-state index in [-0.39, 0.29) is 25.5 Å². The number of hydrogen-bond acceptors (Lipinski definition) is 4. The zero-order chi connectivity index (χ0) is 10.4. The Kier molecular flexibility index (Phi) is 6.15. The van der Waals surface area contributed by atoms with Crippen molar-refractivity contribution in [1.29, 1.82) is 0 Å². The van der Waals surface area contributed by atoms with Gasteiger partial charge in [-0.3, -0.25) is 0 Å². The highest BCUT2D eigenvalue weighted by molar-refractivity contribution is 6.85. The van der Waals surface area contributed by atoms with Crippen LogP contribution in [0.15, 0.2) is 12.3 Å². The Hall–Kier alpha value is 1.03. The lowest BCUT2D eigenvalue weighted by atomic mass is 11.3. The lowest BCUT2D eigenvalue weighted by molar-refractivity contribution is 0.306. The Balaban J connectivity index is 2.50. The van der Waals surface area contributed by atoms with Crippen molar-refractivity contribution >= 4 is 61.1 Å². The Labute approximate surface area is 101 Å². The van der Waals surface area contributed by atoms with E-state index in [1.807, 2.05) is 0 Å². The standard InChI is InChI=1S/C4H7Cl2O4Si4/c1-2-14(4-6)9-11-7-13(3-5)8-12-10-14/h2H,1,3-4H2. The van der Waals surface area contributed by atoms with Gasteiger partial charge in [-0.1, -0.05) is 5.70 Å². The van der Waals surface area contributed by atoms with Gasteiger partial charge in [0.1, 0.15) is 0 Å². The van der Waals surface area contributed by atoms with Gasteiger partial charge < -0.3 is 16.5 Å². The van der Waals surface area contributed by atoms with Gasteiger partial charge in [0.05, 0.1) is 11.0 Å². The molecular weight excluding hydrogens is 295 g/mol. The predicted molar refractivity (Wildman–Crippen MR) is 59.0 cm³/mol. The third kappa shape index (κ3) is 3.55. The van der Waals surface area contributed by atoms with Gasteiger partial charge in [0, 0.05) is 0 Å². The zero-order valence-electron chi connectivity index (χ0n) is 7.09. The van der Waals surface area contributed by atoms with E-state index in [9.17, 15) is 0 Å². The van der Waals surface area contributed by atoms with Gasteiger partial charge in [0.25, 0.3) is 0 Å². The fourth-order valence-corrected chi connectivity index (χ4v) is 8.54. The summed E-state index contributed by atoms with van der Waals surface area (Å²) in [6.07, 6.45) is 0. The second-order valence-corrected chi connectivity index (χ2v) is 10.7. The summed E-state index contributed by atoms with van der Waals surface area (Å²) in [6.45, 7) is 3.65. The van der Waals surface area contributed by atoms with Crippen molar-refractivity contribution in [3.05, 3.63) is 12.3 Å². The van der Waals surface area contributed by atoms with Crippen LogP contribution in [0.3, 0.4) is 0 Å². The molecule has 0 amide bonds. The molecule has 4 nitrogen and oxygen atoms in total. The van der Waals surface area contributed by atoms with Crippen molar-refractivity contribution in [3.8, 4) is 0 Å². The van der Waals surface area contributed by atoms with Gasteiger partial charge in [0.15, 0.2) is 0 Å². The first-order valence-corrected chi connectivity index (χ1v) is 9.90. The molecule has 0 aromatic heterocycles. The first-order valence-electron chi connectivity index (χ1n) is 3.57. The highest BCUT2D eigenvalue weighted by Gasteiger charge is 2.37. The molecule has 5 radical (unpaired) electrons. The van der Waals surface area contributed by atoms with Crippen LogP contribution >= 0.6 is 23.2 Å². The van der Waals surface area contributed by atoms with Crippen LogP contribution in [-0.2, 0) is 16.5 Å². The van der Waals surface area contributed by atoms with E-state index in [1.54, 1.807) is 5.70 Å². The van der Waals surface area contributed by atoms with E-state index >= 15 is 0 Å². The predicted octanol–water partition coefficient (Wildman–Crippen LogP) is 0.346. The highest BCUT2D eigenvalue weighted by atomic mass is 35.5. The Bertz CT molecular complexity index is 186. The maximum Gasteiger partial charge on any atom is 0.413 e. The molecule has 0 unspecified atom stereocenters. The Morgan fingerprint density at radius 3 is 2.21 bits per heavy atom. The second-order valence-electron chi connectivity index (χ2n) is 2.23. The van der Waals surface area contributed by atoms with E-state index in [1.165, 1.54) is 0 Å². The number of hydrogen-bond donors (Lipinski definition) is 0. The van der Waals surface area contributed by atoms with E-state index < -0.39 is 17.8 Å². The molecule has 1 aliphatic rings. The van der Waals surface area contributed by atoms with Gasteiger partial charge in [0.2, 0.25) is 0 Å². The molecule has 1 saturated heterocycles. The normalized spacial score (nSPS) is 23.9. The molecular formula is C4H7Cl2O4Si4. The van der Waals surface area contributed by atoms with Crippen LogP contribution in [0, 0.1) is 0 Å². The monoisotopic (exact) mass is 301 g/mol. The summed E-state index contributed by atoms with van der Waals surface area (Å²) < 4.78 is 21.5. The average molecular weight is 302 g/mol. The lowest BCUT2D eigenvalue weighted by Gasteiger charge is -2.28. The quantitative estimate of drug-likeness (QED) is 0.557. The number of alkyl halides is 2. The maximum atomic E-state index is 5.75. The summed E-state index contributed by atoms with van der Waals surface area (Å²) in [7, 11) is -4.18. The van der Waals surface area contributed by atoms with Crippen LogP contribution in [0.4, 0.5) is 0 Å². The van der Waals surface area contributed by atoms with Crippen LogP contribution in [0.25, 0.3) is 0 Å². The zero-order valence-corrected chi connectivity index (χ0v) is 12.6. The maximum absolute atomic E-state index is 5.75. The minimum absolute atomic E-state index is 0.136. The molecule has 1 fully saturated rings. The molecule has 77 valence electrons. The van der Waals surface area contributed by atoms with Crippen LogP contribution in [-0.4, -0.2) is 48.9 Å². The summed E-state index contributed by atoms with van der Waals surface area (Å²) in [6, 6.07) is 0. The molecule has 0 aliphatic carbocycles. The molecule has 0 aromatic rings. The summed E-state index contributed by atoms with van der Waals surface area (Å²) in [5.41, 5.74) is 2.26. The molecule has 0 spiro atoms. The number of halogens is 2. The second kappa shape index (κ2) is 6.58. The van der Waals surface area contributed by atoms with Gasteiger partial charge in [-0.2, -0.15) is 0 Å². The minimum Gasteiger partial charge on any atom is -0.412 e. The highest BCUT2D eigenvalue weighted by Crippen LogP contribution is 2.12. The van der Waals surface area contributed by atoms with Gasteiger partial charge >= 0.3 is 37.9 Å². The van der Waals surface area contributed by atoms with Crippen LogP contribution in [0.1, 0.15) is 0 Å². The van der Waals surface area contributed by atoms with Crippen molar-refractivity contribution in [2.75, 3.05) is 11.0 Å². The molecule has 0 saturated carbocycles. The van der Waals surface area contributed by atoms with Crippen LogP contribution in [0.5, 0.6) is 0 Å². The van der Waals surface area contributed by atoms with Crippen molar-refractivity contribution < 1.29 is 16.5 Å². The van der Waals surface area contributed by atoms with Crippen molar-refractivity contribution in [1.82, 2.24) is 0 Å². The van der Waals surface area contributed by atoms with E-state index in [0.29, 0.717) is 5.50 Å². The van der Waals surface area contributed by atoms with E-state index in [2.05, 4.69) is 6.58 Å². The SMILES string of the molecule is C=C[Si]1(CCl)O[Si]O[Si](CCl)O[Si]O1. The van der Waals surface area contributed by atoms with Crippen molar-refractivity contribution in [2.45, 2.75) is 0 Å². The topological polar surface area (TPSA) is 36.9 Å². The third-order valence-electron chi connectivity index (χ3n) is 1.35. The van der Waals surface area contributed by atoms with Gasteiger partial charge in [-0.25, -0.2) is 0 Å². The Morgan fingerprint density at radius 1 is 1.29 bits per heavy atom. The molecule has 0 aromatic carbocycles. The summed E-state index contributed by atoms with van der Waals surface area (Å²) in [5.74, 6) is 0. The Morgan fingerprint density at radius 2 is 1.86 bits per heavy atom. The molecule has 14 heavy (non-hydrogen) atoms. The molecule has 0 atom stereocenters. The molecule has 10 heteroatoms. The van der Waals surface area contributed by atoms with Gasteiger partial charge in [-0.15, -0.1) is 29.8 Å². The van der Waals surface area contributed by atoms with Crippen LogP contribution < -0.4 is 0 Å². The number of rotatable bonds is 3. The van der Waals surface area contributed by atoms with E-state index in [4.69, 9.17) is 39.7 Å². The fourth-order valence-electron chi connectivity index (χ4n) is 0.564. The average Bonchev–Trinajstić information content (AvgIpc) is 2.19. The largest absolute Gasteiger partial charge is 0.413 e. The fraction of sp³-hybridized carbons (Fsp3) is 0.500. The van der Waals surface area contributed by atoms with Crippen LogP contribution in [0.2, 0.25) is 0 Å². The molecule has 1 heterocycles. The molecule has 0 bridgehead atoms. The first kappa shape index (κ1) is 13.1. The summed E-state index contributed by atoms with van der Waals surface area (Å²) in [5, 5.41) is 0. The minimum atomic E-state index is -2.48. The summed E-state index contributed by atoms with van der Waals surface area (Å²) in [4.78, 5) is 0. The van der Waals surface area contributed by atoms with Crippen molar-refractivity contribution in [2.24, 2.45) is 0 Å². The smallest absolute Gasteiger partial charge is 0.412 e. The third-order valence-corrected chi connectivity index (χ3v) is 10.3. The van der Waals surface area contributed by atoms with E-state index in [0.717, 1.165) is 0 Å². The lowest BCUT2D eigenvalue weighted by Crippen LogP contribution is -2.50. The van der Waals surface area contributed by atoms with Gasteiger partial charge in [-0.05, 0) is 0 Å². The molecule has 0 N–H and O–H groups in total. The molecule has 1 aliphatic heterocycles. The van der Waals surface area contributed by atoms with Crippen molar-refractivity contribution in [3.63, 3.8) is 0 Å². The molecule has 1 rings (SSSR count). The summed E-state index contributed by atoms with van der Waals surface area (Å²) >= 11 is 11.4. The first-order chi connectivity index (χ1) is 6.76.